The third kappa shape index (κ3) is 7.32. The summed E-state index contributed by atoms with van der Waals surface area (Å²) in [5.74, 6) is 1.89. The summed E-state index contributed by atoms with van der Waals surface area (Å²) >= 11 is 0. The van der Waals surface area contributed by atoms with Crippen LogP contribution in [0.15, 0.2) is 47.5 Å². The van der Waals surface area contributed by atoms with Crippen molar-refractivity contribution < 1.29 is 13.9 Å². The van der Waals surface area contributed by atoms with Crippen molar-refractivity contribution in [2.24, 2.45) is 4.99 Å². The Hall–Kier alpha value is -2.07. The summed E-state index contributed by atoms with van der Waals surface area (Å²) in [5, 5.41) is 6.59. The summed E-state index contributed by atoms with van der Waals surface area (Å²) in [5.41, 5.74) is 1.79. The largest absolute Gasteiger partial charge is 0.493 e. The molecule has 1 unspecified atom stereocenters. The van der Waals surface area contributed by atoms with Crippen LogP contribution in [0.4, 0.5) is 4.39 Å². The van der Waals surface area contributed by atoms with Crippen molar-refractivity contribution in [1.82, 2.24) is 15.5 Å². The van der Waals surface area contributed by atoms with Gasteiger partial charge in [-0.25, -0.2) is 4.39 Å². The molecule has 1 atom stereocenters. The van der Waals surface area contributed by atoms with Crippen LogP contribution in [0.1, 0.15) is 17.2 Å². The number of benzene rings is 2. The van der Waals surface area contributed by atoms with Crippen molar-refractivity contribution in [2.75, 3.05) is 48.5 Å². The molecule has 166 valence electrons. The van der Waals surface area contributed by atoms with E-state index in [9.17, 15) is 4.39 Å². The molecular formula is C22H32FIN4O2. The van der Waals surface area contributed by atoms with Gasteiger partial charge in [0.2, 0.25) is 0 Å². The van der Waals surface area contributed by atoms with E-state index in [0.29, 0.717) is 42.5 Å². The predicted molar refractivity (Wildman–Crippen MR) is 131 cm³/mol. The summed E-state index contributed by atoms with van der Waals surface area (Å²) in [6, 6.07) is 12.8. The van der Waals surface area contributed by atoms with Gasteiger partial charge in [0, 0.05) is 20.1 Å². The number of nitrogens with zero attached hydrogens (tertiary/aromatic N) is 2. The van der Waals surface area contributed by atoms with E-state index in [1.54, 1.807) is 33.4 Å². The highest BCUT2D eigenvalue weighted by atomic mass is 127. The first kappa shape index (κ1) is 26.0. The summed E-state index contributed by atoms with van der Waals surface area (Å²) < 4.78 is 24.5. The van der Waals surface area contributed by atoms with Crippen molar-refractivity contribution >= 4 is 29.9 Å². The molecule has 0 radical (unpaired) electrons. The van der Waals surface area contributed by atoms with Crippen molar-refractivity contribution in [3.63, 3.8) is 0 Å². The number of nitrogens with one attached hydrogen (secondary N) is 2. The summed E-state index contributed by atoms with van der Waals surface area (Å²) in [6.07, 6.45) is 0.583. The Balaban J connectivity index is 0.00000450. The highest BCUT2D eigenvalue weighted by Crippen LogP contribution is 2.31. The molecule has 0 aliphatic carbocycles. The number of ether oxygens (including phenoxy) is 2. The van der Waals surface area contributed by atoms with Crippen LogP contribution in [-0.4, -0.2) is 59.3 Å². The molecule has 8 heteroatoms. The van der Waals surface area contributed by atoms with Crippen LogP contribution < -0.4 is 20.1 Å². The number of likely N-dealkylation sites (N-methyl/N-ethyl adjacent to an activating group) is 1. The van der Waals surface area contributed by atoms with Crippen molar-refractivity contribution in [3.8, 4) is 11.5 Å². The fourth-order valence-corrected chi connectivity index (χ4v) is 3.09. The Morgan fingerprint density at radius 2 is 1.77 bits per heavy atom. The quantitative estimate of drug-likeness (QED) is 0.296. The SMILES string of the molecule is CN=C(NCCc1ccccc1F)NCC(c1ccc(OC)c(OC)c1)N(C)C.I. The Morgan fingerprint density at radius 3 is 2.37 bits per heavy atom. The van der Waals surface area contributed by atoms with E-state index in [0.717, 1.165) is 5.56 Å². The zero-order valence-electron chi connectivity index (χ0n) is 18.2. The predicted octanol–water partition coefficient (Wildman–Crippen LogP) is 3.47. The summed E-state index contributed by atoms with van der Waals surface area (Å²) in [6.45, 7) is 1.23. The van der Waals surface area contributed by atoms with Gasteiger partial charge in [-0.3, -0.25) is 4.99 Å². The maximum Gasteiger partial charge on any atom is 0.191 e. The lowest BCUT2D eigenvalue weighted by Gasteiger charge is -2.26. The molecule has 2 aromatic rings. The van der Waals surface area contributed by atoms with Crippen LogP contribution in [-0.2, 0) is 6.42 Å². The smallest absolute Gasteiger partial charge is 0.191 e. The maximum absolute atomic E-state index is 13.7. The minimum atomic E-state index is -0.182. The van der Waals surface area contributed by atoms with E-state index in [-0.39, 0.29) is 35.8 Å². The van der Waals surface area contributed by atoms with Crippen LogP contribution >= 0.6 is 24.0 Å². The molecule has 0 amide bonds. The van der Waals surface area contributed by atoms with E-state index in [1.165, 1.54) is 6.07 Å². The molecule has 0 aliphatic heterocycles. The van der Waals surface area contributed by atoms with Crippen LogP contribution in [0.3, 0.4) is 0 Å². The molecule has 0 saturated carbocycles. The highest BCUT2D eigenvalue weighted by molar-refractivity contribution is 14.0. The van der Waals surface area contributed by atoms with Crippen molar-refractivity contribution in [3.05, 3.63) is 59.4 Å². The fourth-order valence-electron chi connectivity index (χ4n) is 3.09. The van der Waals surface area contributed by atoms with Gasteiger partial charge >= 0.3 is 0 Å². The van der Waals surface area contributed by atoms with E-state index >= 15 is 0 Å². The third-order valence-electron chi connectivity index (χ3n) is 4.75. The van der Waals surface area contributed by atoms with Gasteiger partial charge in [-0.15, -0.1) is 24.0 Å². The van der Waals surface area contributed by atoms with Gasteiger partial charge < -0.3 is 25.0 Å². The maximum atomic E-state index is 13.7. The molecule has 0 spiro atoms. The first-order valence-corrected chi connectivity index (χ1v) is 9.56. The molecule has 2 aromatic carbocycles. The second-order valence-electron chi connectivity index (χ2n) is 6.82. The monoisotopic (exact) mass is 530 g/mol. The fraction of sp³-hybridized carbons (Fsp3) is 0.409. The van der Waals surface area contributed by atoms with Crippen molar-refractivity contribution in [2.45, 2.75) is 12.5 Å². The molecule has 0 saturated heterocycles. The third-order valence-corrected chi connectivity index (χ3v) is 4.75. The average molecular weight is 530 g/mol. The van der Waals surface area contributed by atoms with Crippen LogP contribution in [0.2, 0.25) is 0 Å². The van der Waals surface area contributed by atoms with E-state index in [4.69, 9.17) is 9.47 Å². The number of rotatable bonds is 9. The zero-order chi connectivity index (χ0) is 21.2. The highest BCUT2D eigenvalue weighted by Gasteiger charge is 2.17. The number of guanidine groups is 1. The van der Waals surface area contributed by atoms with Crippen LogP contribution in [0.5, 0.6) is 11.5 Å². The standard InChI is InChI=1S/C22H31FN4O2.HI/c1-24-22(25-13-12-16-8-6-7-9-18(16)23)26-15-19(27(2)3)17-10-11-20(28-4)21(14-17)29-5;/h6-11,14,19H,12-13,15H2,1-5H3,(H2,24,25,26);1H. The van der Waals surface area contributed by atoms with Gasteiger partial charge in [0.1, 0.15) is 5.82 Å². The molecule has 2 N–H and O–H groups in total. The minimum absolute atomic E-state index is 0. The molecule has 0 bridgehead atoms. The molecule has 0 aromatic heterocycles. The van der Waals surface area contributed by atoms with Gasteiger partial charge in [0.25, 0.3) is 0 Å². The number of hydrogen-bond acceptors (Lipinski definition) is 4. The summed E-state index contributed by atoms with van der Waals surface area (Å²) in [7, 11) is 9.03. The first-order valence-electron chi connectivity index (χ1n) is 9.56. The molecule has 30 heavy (non-hydrogen) atoms. The van der Waals surface area contributed by atoms with Gasteiger partial charge in [0.05, 0.1) is 20.3 Å². The number of hydrogen-bond donors (Lipinski definition) is 2. The van der Waals surface area contributed by atoms with Gasteiger partial charge in [0.15, 0.2) is 17.5 Å². The van der Waals surface area contributed by atoms with Crippen LogP contribution in [0, 0.1) is 5.82 Å². The molecule has 0 heterocycles. The van der Waals surface area contributed by atoms with Crippen LogP contribution in [0.25, 0.3) is 0 Å². The number of methoxy groups -OCH3 is 2. The molecule has 6 nitrogen and oxygen atoms in total. The molecular weight excluding hydrogens is 498 g/mol. The van der Waals surface area contributed by atoms with Gasteiger partial charge in [-0.1, -0.05) is 24.3 Å². The van der Waals surface area contributed by atoms with Gasteiger partial charge in [-0.05, 0) is 49.8 Å². The topological polar surface area (TPSA) is 58.1 Å². The normalized spacial score (nSPS) is 12.2. The Morgan fingerprint density at radius 1 is 1.07 bits per heavy atom. The second kappa shape index (κ2) is 13.3. The molecule has 0 aliphatic rings. The molecule has 0 fully saturated rings. The van der Waals surface area contributed by atoms with E-state index in [1.807, 2.05) is 38.4 Å². The minimum Gasteiger partial charge on any atom is -0.493 e. The van der Waals surface area contributed by atoms with Crippen molar-refractivity contribution in [1.29, 1.82) is 0 Å². The van der Waals surface area contributed by atoms with Gasteiger partial charge in [-0.2, -0.15) is 0 Å². The lowest BCUT2D eigenvalue weighted by Crippen LogP contribution is -2.42. The number of halogens is 2. The van der Waals surface area contributed by atoms with E-state index in [2.05, 4.69) is 20.5 Å². The zero-order valence-corrected chi connectivity index (χ0v) is 20.6. The second-order valence-corrected chi connectivity index (χ2v) is 6.82. The molecule has 2 rings (SSSR count). The first-order chi connectivity index (χ1) is 14.0. The summed E-state index contributed by atoms with van der Waals surface area (Å²) in [4.78, 5) is 6.39. The number of aliphatic imine (C=N–C) groups is 1. The Bertz CT molecular complexity index is 817. The Kier molecular flexibility index (Phi) is 11.5. The lowest BCUT2D eigenvalue weighted by molar-refractivity contribution is 0.295. The Labute approximate surface area is 195 Å². The lowest BCUT2D eigenvalue weighted by atomic mass is 10.1. The average Bonchev–Trinajstić information content (AvgIpc) is 2.73. The van der Waals surface area contributed by atoms with E-state index < -0.39 is 0 Å².